The van der Waals surface area contributed by atoms with Crippen molar-refractivity contribution in [3.05, 3.63) is 28.6 Å². The number of nitrogens with zero attached hydrogens (tertiary/aromatic N) is 3. The zero-order valence-electron chi connectivity index (χ0n) is 15.4. The quantitative estimate of drug-likeness (QED) is 0.541. The molecule has 1 atom stereocenters. The van der Waals surface area contributed by atoms with E-state index >= 15 is 0 Å². The van der Waals surface area contributed by atoms with E-state index in [1.165, 1.54) is 22.8 Å². The molecule has 1 fully saturated rings. The van der Waals surface area contributed by atoms with E-state index in [1.807, 2.05) is 0 Å². The van der Waals surface area contributed by atoms with E-state index in [4.69, 9.17) is 11.2 Å². The SMILES string of the molecule is C#CCn1c(=NC(=O)C2CCCN2S(C)(=O)=O)sc2cc(C(=O)OC)ccc21. The number of esters is 1. The number of amides is 1. The highest BCUT2D eigenvalue weighted by atomic mass is 32.2. The summed E-state index contributed by atoms with van der Waals surface area (Å²) in [5.41, 5.74) is 1.11. The molecule has 0 spiro atoms. The first kappa shape index (κ1) is 20.3. The van der Waals surface area contributed by atoms with Gasteiger partial charge in [0.05, 0.1) is 35.7 Å². The first-order valence-corrected chi connectivity index (χ1v) is 11.1. The third kappa shape index (κ3) is 3.87. The molecule has 10 heteroatoms. The molecule has 1 aromatic carbocycles. The number of carbonyl (C=O) groups excluding carboxylic acids is 2. The summed E-state index contributed by atoms with van der Waals surface area (Å²) in [5.74, 6) is 1.54. The van der Waals surface area contributed by atoms with Crippen LogP contribution in [0.2, 0.25) is 0 Å². The monoisotopic (exact) mass is 421 g/mol. The van der Waals surface area contributed by atoms with Crippen molar-refractivity contribution in [2.75, 3.05) is 19.9 Å². The van der Waals surface area contributed by atoms with Gasteiger partial charge in [0, 0.05) is 6.54 Å². The van der Waals surface area contributed by atoms with Crippen molar-refractivity contribution < 1.29 is 22.7 Å². The summed E-state index contributed by atoms with van der Waals surface area (Å²) in [4.78, 5) is 29.0. The van der Waals surface area contributed by atoms with Crippen LogP contribution in [-0.4, -0.2) is 55.1 Å². The summed E-state index contributed by atoms with van der Waals surface area (Å²) in [6.45, 7) is 0.494. The van der Waals surface area contributed by atoms with Gasteiger partial charge < -0.3 is 9.30 Å². The molecule has 3 rings (SSSR count). The van der Waals surface area contributed by atoms with Crippen LogP contribution in [0.25, 0.3) is 10.2 Å². The first-order chi connectivity index (χ1) is 13.3. The van der Waals surface area contributed by atoms with Crippen molar-refractivity contribution in [3.8, 4) is 12.3 Å². The average Bonchev–Trinajstić information content (AvgIpc) is 3.26. The highest BCUT2D eigenvalue weighted by Gasteiger charge is 2.36. The molecule has 0 saturated carbocycles. The maximum atomic E-state index is 12.7. The second kappa shape index (κ2) is 7.87. The summed E-state index contributed by atoms with van der Waals surface area (Å²) in [6.07, 6.45) is 7.59. The maximum Gasteiger partial charge on any atom is 0.337 e. The molecule has 1 aliphatic heterocycles. The zero-order valence-corrected chi connectivity index (χ0v) is 17.0. The largest absolute Gasteiger partial charge is 0.465 e. The van der Waals surface area contributed by atoms with E-state index in [9.17, 15) is 18.0 Å². The van der Waals surface area contributed by atoms with E-state index in [2.05, 4.69) is 10.9 Å². The van der Waals surface area contributed by atoms with Crippen LogP contribution in [0.4, 0.5) is 0 Å². The molecule has 1 unspecified atom stereocenters. The van der Waals surface area contributed by atoms with Crippen molar-refractivity contribution in [1.29, 1.82) is 0 Å². The minimum absolute atomic E-state index is 0.185. The number of fused-ring (bicyclic) bond motifs is 1. The molecule has 1 aliphatic rings. The first-order valence-electron chi connectivity index (χ1n) is 8.47. The van der Waals surface area contributed by atoms with Crippen LogP contribution in [0, 0.1) is 12.3 Å². The number of ether oxygens (including phenoxy) is 1. The molecular weight excluding hydrogens is 402 g/mol. The van der Waals surface area contributed by atoms with E-state index in [1.54, 1.807) is 22.8 Å². The standard InChI is InChI=1S/C18H19N3O5S2/c1-4-9-20-13-8-7-12(17(23)26-2)11-15(13)27-18(20)19-16(22)14-6-5-10-21(14)28(3,24)25/h1,7-8,11,14H,5-6,9-10H2,2-3H3. The van der Waals surface area contributed by atoms with Gasteiger partial charge in [0.15, 0.2) is 4.80 Å². The zero-order chi connectivity index (χ0) is 20.5. The van der Waals surface area contributed by atoms with Crippen molar-refractivity contribution >= 4 is 43.5 Å². The average molecular weight is 422 g/mol. The molecule has 1 saturated heterocycles. The van der Waals surface area contributed by atoms with Crippen LogP contribution in [0.1, 0.15) is 23.2 Å². The number of sulfonamides is 1. The Hall–Kier alpha value is -2.48. The normalized spacial score (nSPS) is 18.3. The van der Waals surface area contributed by atoms with Crippen LogP contribution in [-0.2, 0) is 26.1 Å². The number of hydrogen-bond acceptors (Lipinski definition) is 6. The van der Waals surface area contributed by atoms with Crippen molar-refractivity contribution in [3.63, 3.8) is 0 Å². The second-order valence-electron chi connectivity index (χ2n) is 6.33. The predicted octanol–water partition coefficient (Wildman–Crippen LogP) is 0.974. The Labute approximate surface area is 166 Å². The molecule has 28 heavy (non-hydrogen) atoms. The van der Waals surface area contributed by atoms with Crippen LogP contribution < -0.4 is 4.80 Å². The maximum absolute atomic E-state index is 12.7. The number of benzene rings is 1. The van der Waals surface area contributed by atoms with Crippen LogP contribution in [0.5, 0.6) is 0 Å². The molecule has 2 heterocycles. The Morgan fingerprint density at radius 2 is 2.18 bits per heavy atom. The smallest absolute Gasteiger partial charge is 0.337 e. The number of terminal acetylenes is 1. The summed E-state index contributed by atoms with van der Waals surface area (Å²) >= 11 is 1.21. The van der Waals surface area contributed by atoms with Gasteiger partial charge in [-0.05, 0) is 31.0 Å². The fourth-order valence-electron chi connectivity index (χ4n) is 3.20. The molecule has 0 radical (unpaired) electrons. The Bertz CT molecular complexity index is 1150. The molecule has 0 N–H and O–H groups in total. The molecule has 0 aliphatic carbocycles. The van der Waals surface area contributed by atoms with Gasteiger partial charge in [0.25, 0.3) is 5.91 Å². The summed E-state index contributed by atoms with van der Waals surface area (Å²) in [7, 11) is -2.19. The number of rotatable bonds is 4. The lowest BCUT2D eigenvalue weighted by atomic mass is 10.2. The minimum atomic E-state index is -3.49. The molecule has 2 aromatic rings. The molecule has 1 aromatic heterocycles. The van der Waals surface area contributed by atoms with Crippen LogP contribution in [0.3, 0.4) is 0 Å². The number of carbonyl (C=O) groups is 2. The Balaban J connectivity index is 2.08. The summed E-state index contributed by atoms with van der Waals surface area (Å²) < 4.78 is 32.1. The second-order valence-corrected chi connectivity index (χ2v) is 9.27. The Morgan fingerprint density at radius 1 is 1.43 bits per heavy atom. The minimum Gasteiger partial charge on any atom is -0.465 e. The van der Waals surface area contributed by atoms with Crippen LogP contribution >= 0.6 is 11.3 Å². The molecule has 0 bridgehead atoms. The van der Waals surface area contributed by atoms with E-state index < -0.39 is 27.9 Å². The van der Waals surface area contributed by atoms with Gasteiger partial charge in [-0.2, -0.15) is 9.30 Å². The number of aromatic nitrogens is 1. The topological polar surface area (TPSA) is 98.0 Å². The Morgan fingerprint density at radius 3 is 2.82 bits per heavy atom. The van der Waals surface area contributed by atoms with Crippen molar-refractivity contribution in [1.82, 2.24) is 8.87 Å². The van der Waals surface area contributed by atoms with E-state index in [0.717, 1.165) is 16.5 Å². The molecule has 1 amide bonds. The Kier molecular flexibility index (Phi) is 5.69. The predicted molar refractivity (Wildman–Crippen MR) is 105 cm³/mol. The fraction of sp³-hybridized carbons (Fsp3) is 0.389. The van der Waals surface area contributed by atoms with E-state index in [0.29, 0.717) is 29.8 Å². The third-order valence-electron chi connectivity index (χ3n) is 4.47. The lowest BCUT2D eigenvalue weighted by molar-refractivity contribution is -0.121. The van der Waals surface area contributed by atoms with E-state index in [-0.39, 0.29) is 6.54 Å². The van der Waals surface area contributed by atoms with Crippen LogP contribution in [0.15, 0.2) is 23.2 Å². The van der Waals surface area contributed by atoms with Gasteiger partial charge in [-0.15, -0.1) is 6.42 Å². The van der Waals surface area contributed by atoms with Gasteiger partial charge >= 0.3 is 5.97 Å². The van der Waals surface area contributed by atoms with Gasteiger partial charge in [-0.1, -0.05) is 17.3 Å². The lowest BCUT2D eigenvalue weighted by Crippen LogP contribution is -2.39. The fourth-order valence-corrected chi connectivity index (χ4v) is 5.39. The number of methoxy groups -OCH3 is 1. The molecule has 148 valence electrons. The van der Waals surface area contributed by atoms with Gasteiger partial charge in [0.1, 0.15) is 6.04 Å². The number of hydrogen-bond donors (Lipinski definition) is 0. The third-order valence-corrected chi connectivity index (χ3v) is 6.80. The van der Waals surface area contributed by atoms with Gasteiger partial charge in [-0.3, -0.25) is 4.79 Å². The van der Waals surface area contributed by atoms with Gasteiger partial charge in [0.2, 0.25) is 10.0 Å². The van der Waals surface area contributed by atoms with Crippen molar-refractivity contribution in [2.45, 2.75) is 25.4 Å². The highest BCUT2D eigenvalue weighted by Crippen LogP contribution is 2.23. The summed E-state index contributed by atoms with van der Waals surface area (Å²) in [6, 6.07) is 4.19. The highest BCUT2D eigenvalue weighted by molar-refractivity contribution is 7.88. The van der Waals surface area contributed by atoms with Gasteiger partial charge in [-0.25, -0.2) is 13.2 Å². The molecule has 8 nitrogen and oxygen atoms in total. The summed E-state index contributed by atoms with van der Waals surface area (Å²) in [5, 5.41) is 0. The number of thiazole rings is 1. The molecular formula is C18H19N3O5S2. The van der Waals surface area contributed by atoms with Crippen molar-refractivity contribution in [2.24, 2.45) is 4.99 Å². The lowest BCUT2D eigenvalue weighted by Gasteiger charge is -2.18.